The molecule has 0 radical (unpaired) electrons. The second-order valence-electron chi connectivity index (χ2n) is 6.60. The minimum atomic E-state index is -0.253. The third kappa shape index (κ3) is 9.89. The maximum atomic E-state index is 10.8. The van der Waals surface area contributed by atoms with E-state index in [9.17, 15) is 9.59 Å². The molecule has 0 aliphatic carbocycles. The lowest BCUT2D eigenvalue weighted by Gasteiger charge is -2.18. The number of hydrogen-bond acceptors (Lipinski definition) is 3. The predicted molar refractivity (Wildman–Crippen MR) is 86.8 cm³/mol. The predicted octanol–water partition coefficient (Wildman–Crippen LogP) is 2.46. The summed E-state index contributed by atoms with van der Waals surface area (Å²) in [6.07, 6.45) is 5.51. The molecule has 20 heavy (non-hydrogen) atoms. The van der Waals surface area contributed by atoms with E-state index in [2.05, 4.69) is 10.6 Å². The fourth-order valence-corrected chi connectivity index (χ4v) is 1.88. The van der Waals surface area contributed by atoms with Crippen LogP contribution in [0.25, 0.3) is 0 Å². The smallest absolute Gasteiger partial charge is 0.166 e. The van der Waals surface area contributed by atoms with E-state index in [1.165, 1.54) is 0 Å². The van der Waals surface area contributed by atoms with E-state index in [0.717, 1.165) is 51.3 Å². The molecule has 0 saturated heterocycles. The minimum absolute atomic E-state index is 0.253. The Labute approximate surface area is 128 Å². The van der Waals surface area contributed by atoms with Gasteiger partial charge in [-0.15, -0.1) is 0 Å². The van der Waals surface area contributed by atoms with Crippen LogP contribution in [0.4, 0.5) is 0 Å². The highest BCUT2D eigenvalue weighted by atomic mass is 32.1. The molecule has 0 unspecified atom stereocenters. The van der Waals surface area contributed by atoms with Crippen molar-refractivity contribution in [1.82, 2.24) is 10.6 Å². The number of rotatable bonds is 10. The van der Waals surface area contributed by atoms with Crippen molar-refractivity contribution in [2.75, 3.05) is 13.1 Å². The van der Waals surface area contributed by atoms with Gasteiger partial charge in [-0.3, -0.25) is 0 Å². The van der Waals surface area contributed by atoms with Gasteiger partial charge in [-0.05, 0) is 37.9 Å². The van der Waals surface area contributed by atoms with E-state index in [0.29, 0.717) is 5.11 Å². The lowest BCUT2D eigenvalue weighted by atomic mass is 9.90. The van der Waals surface area contributed by atoms with Gasteiger partial charge in [0.2, 0.25) is 0 Å². The van der Waals surface area contributed by atoms with Gasteiger partial charge in [0.15, 0.2) is 5.11 Å². The Morgan fingerprint density at radius 2 is 1.25 bits per heavy atom. The van der Waals surface area contributed by atoms with Crippen LogP contribution >= 0.6 is 12.2 Å². The molecule has 0 aliphatic rings. The SMILES string of the molecule is CC(C)(C=O)CCCNC(=S)NCCCC(C)(C)C=O. The third-order valence-electron chi connectivity index (χ3n) is 3.20. The normalized spacial score (nSPS) is 11.8. The highest BCUT2D eigenvalue weighted by molar-refractivity contribution is 7.80. The molecule has 0 atom stereocenters. The topological polar surface area (TPSA) is 58.2 Å². The second-order valence-corrected chi connectivity index (χ2v) is 7.01. The van der Waals surface area contributed by atoms with E-state index < -0.39 is 0 Å². The van der Waals surface area contributed by atoms with Gasteiger partial charge in [0.25, 0.3) is 0 Å². The van der Waals surface area contributed by atoms with Crippen molar-refractivity contribution in [3.05, 3.63) is 0 Å². The maximum Gasteiger partial charge on any atom is 0.166 e. The van der Waals surface area contributed by atoms with Crippen molar-refractivity contribution in [3.8, 4) is 0 Å². The Morgan fingerprint density at radius 1 is 0.900 bits per heavy atom. The molecular weight excluding hydrogens is 272 g/mol. The van der Waals surface area contributed by atoms with Gasteiger partial charge < -0.3 is 20.2 Å². The zero-order valence-corrected chi connectivity index (χ0v) is 13.9. The van der Waals surface area contributed by atoms with Crippen LogP contribution in [0.15, 0.2) is 0 Å². The molecule has 5 heteroatoms. The summed E-state index contributed by atoms with van der Waals surface area (Å²) in [7, 11) is 0. The van der Waals surface area contributed by atoms with Gasteiger partial charge in [0.05, 0.1) is 0 Å². The summed E-state index contributed by atoms with van der Waals surface area (Å²) in [6, 6.07) is 0. The lowest BCUT2D eigenvalue weighted by molar-refractivity contribution is -0.115. The first-order valence-electron chi connectivity index (χ1n) is 7.17. The number of thiocarbonyl (C=S) groups is 1. The fraction of sp³-hybridized carbons (Fsp3) is 0.800. The van der Waals surface area contributed by atoms with Gasteiger partial charge in [0.1, 0.15) is 12.6 Å². The van der Waals surface area contributed by atoms with E-state index in [1.807, 2.05) is 27.7 Å². The zero-order valence-electron chi connectivity index (χ0n) is 13.1. The first kappa shape index (κ1) is 19.0. The maximum absolute atomic E-state index is 10.8. The largest absolute Gasteiger partial charge is 0.363 e. The number of hydrogen-bond donors (Lipinski definition) is 2. The van der Waals surface area contributed by atoms with Crippen molar-refractivity contribution in [2.24, 2.45) is 10.8 Å². The standard InChI is InChI=1S/C15H28N2O2S/c1-14(2,11-18)7-5-9-16-13(20)17-10-6-8-15(3,4)12-19/h11-12H,5-10H2,1-4H3,(H2,16,17,20). The molecule has 0 aromatic carbocycles. The van der Waals surface area contributed by atoms with Crippen molar-refractivity contribution in [2.45, 2.75) is 53.4 Å². The van der Waals surface area contributed by atoms with Gasteiger partial charge in [-0.1, -0.05) is 27.7 Å². The molecule has 0 aliphatic heterocycles. The molecule has 0 fully saturated rings. The molecular formula is C15H28N2O2S. The fourth-order valence-electron chi connectivity index (χ4n) is 1.67. The molecule has 0 rings (SSSR count). The van der Waals surface area contributed by atoms with E-state index in [4.69, 9.17) is 12.2 Å². The quantitative estimate of drug-likeness (QED) is 0.369. The van der Waals surface area contributed by atoms with Crippen molar-refractivity contribution in [1.29, 1.82) is 0 Å². The number of carbonyl (C=O) groups excluding carboxylic acids is 2. The summed E-state index contributed by atoms with van der Waals surface area (Å²) in [5, 5.41) is 6.89. The summed E-state index contributed by atoms with van der Waals surface area (Å²) in [5.74, 6) is 0. The van der Waals surface area contributed by atoms with Crippen LogP contribution in [0.2, 0.25) is 0 Å². The number of aldehydes is 2. The Bertz CT molecular complexity index is 298. The Balaban J connectivity index is 3.61. The summed E-state index contributed by atoms with van der Waals surface area (Å²) >= 11 is 5.16. The number of nitrogens with one attached hydrogen (secondary N) is 2. The first-order valence-corrected chi connectivity index (χ1v) is 7.58. The number of carbonyl (C=O) groups is 2. The van der Waals surface area contributed by atoms with E-state index in [-0.39, 0.29) is 10.8 Å². The van der Waals surface area contributed by atoms with Gasteiger partial charge >= 0.3 is 0 Å². The summed E-state index contributed by atoms with van der Waals surface area (Å²) in [5.41, 5.74) is -0.506. The monoisotopic (exact) mass is 300 g/mol. The van der Waals surface area contributed by atoms with Gasteiger partial charge in [-0.2, -0.15) is 0 Å². The molecule has 2 N–H and O–H groups in total. The molecule has 0 aromatic rings. The van der Waals surface area contributed by atoms with Crippen LogP contribution in [-0.4, -0.2) is 30.8 Å². The van der Waals surface area contributed by atoms with Crippen LogP contribution < -0.4 is 10.6 Å². The average Bonchev–Trinajstić information content (AvgIpc) is 2.40. The lowest BCUT2D eigenvalue weighted by Crippen LogP contribution is -2.36. The van der Waals surface area contributed by atoms with Gasteiger partial charge in [-0.25, -0.2) is 0 Å². The highest BCUT2D eigenvalue weighted by Gasteiger charge is 2.16. The Hall–Kier alpha value is -0.970. The molecule has 0 bridgehead atoms. The third-order valence-corrected chi connectivity index (χ3v) is 3.49. The van der Waals surface area contributed by atoms with Crippen molar-refractivity contribution in [3.63, 3.8) is 0 Å². The van der Waals surface area contributed by atoms with E-state index in [1.54, 1.807) is 0 Å². The molecule has 0 amide bonds. The average molecular weight is 300 g/mol. The van der Waals surface area contributed by atoms with Crippen molar-refractivity contribution >= 4 is 29.9 Å². The summed E-state index contributed by atoms with van der Waals surface area (Å²) in [4.78, 5) is 21.5. The Kier molecular flexibility index (Phi) is 8.62. The molecule has 0 aromatic heterocycles. The van der Waals surface area contributed by atoms with E-state index >= 15 is 0 Å². The molecule has 0 spiro atoms. The minimum Gasteiger partial charge on any atom is -0.363 e. The van der Waals surface area contributed by atoms with Gasteiger partial charge in [0, 0.05) is 23.9 Å². The summed E-state index contributed by atoms with van der Waals surface area (Å²) < 4.78 is 0. The second kappa shape index (κ2) is 9.06. The van der Waals surface area contributed by atoms with Crippen LogP contribution in [0.5, 0.6) is 0 Å². The van der Waals surface area contributed by atoms with Crippen LogP contribution in [-0.2, 0) is 9.59 Å². The molecule has 0 heterocycles. The molecule has 4 nitrogen and oxygen atoms in total. The first-order chi connectivity index (χ1) is 9.22. The highest BCUT2D eigenvalue weighted by Crippen LogP contribution is 2.18. The summed E-state index contributed by atoms with van der Waals surface area (Å²) in [6.45, 7) is 9.28. The van der Waals surface area contributed by atoms with Crippen LogP contribution in [0, 0.1) is 10.8 Å². The zero-order chi connectivity index (χ0) is 15.6. The van der Waals surface area contributed by atoms with Crippen molar-refractivity contribution < 1.29 is 9.59 Å². The molecule has 116 valence electrons. The van der Waals surface area contributed by atoms with Crippen LogP contribution in [0.1, 0.15) is 53.4 Å². The van der Waals surface area contributed by atoms with Crippen LogP contribution in [0.3, 0.4) is 0 Å². The molecule has 0 saturated carbocycles. The Morgan fingerprint density at radius 3 is 1.55 bits per heavy atom.